The van der Waals surface area contributed by atoms with Crippen molar-refractivity contribution in [3.63, 3.8) is 0 Å². The molecular formula is C15H24N2O. The topological polar surface area (TPSA) is 26.7 Å². The molecule has 0 spiro atoms. The molecule has 0 aliphatic carbocycles. The Balaban J connectivity index is 1.89. The highest BCUT2D eigenvalue weighted by Gasteiger charge is 2.17. The van der Waals surface area contributed by atoms with E-state index in [2.05, 4.69) is 29.7 Å². The molecule has 1 heterocycles. The molecular weight excluding hydrogens is 224 g/mol. The van der Waals surface area contributed by atoms with Crippen LogP contribution in [0.4, 0.5) is 0 Å². The molecule has 1 aliphatic rings. The maximum atomic E-state index is 9.86. The second-order valence-electron chi connectivity index (χ2n) is 5.25. The van der Waals surface area contributed by atoms with E-state index in [-0.39, 0.29) is 0 Å². The van der Waals surface area contributed by atoms with Gasteiger partial charge in [-0.1, -0.05) is 24.6 Å². The van der Waals surface area contributed by atoms with E-state index in [1.807, 2.05) is 6.07 Å². The quantitative estimate of drug-likeness (QED) is 0.885. The van der Waals surface area contributed by atoms with Crippen LogP contribution >= 0.6 is 0 Å². The highest BCUT2D eigenvalue weighted by Crippen LogP contribution is 2.20. The summed E-state index contributed by atoms with van der Waals surface area (Å²) in [6.45, 7) is 10.9. The van der Waals surface area contributed by atoms with Crippen molar-refractivity contribution in [3.8, 4) is 5.75 Å². The van der Waals surface area contributed by atoms with Crippen molar-refractivity contribution in [2.75, 3.05) is 32.7 Å². The van der Waals surface area contributed by atoms with E-state index in [1.54, 1.807) is 6.07 Å². The van der Waals surface area contributed by atoms with E-state index in [9.17, 15) is 5.11 Å². The Kier molecular flexibility index (Phi) is 4.61. The minimum Gasteiger partial charge on any atom is -0.508 e. The molecule has 0 atom stereocenters. The highest BCUT2D eigenvalue weighted by atomic mass is 16.3. The summed E-state index contributed by atoms with van der Waals surface area (Å²) in [7, 11) is 0. The number of phenols is 1. The van der Waals surface area contributed by atoms with Crippen molar-refractivity contribution in [3.05, 3.63) is 29.3 Å². The third kappa shape index (κ3) is 3.47. The Labute approximate surface area is 110 Å². The van der Waals surface area contributed by atoms with Gasteiger partial charge in [0.2, 0.25) is 0 Å². The SMILES string of the molecule is CCCN1CCN(Cc2cc(C)ccc2O)CC1. The largest absolute Gasteiger partial charge is 0.508 e. The van der Waals surface area contributed by atoms with Crippen LogP contribution in [0.25, 0.3) is 0 Å². The first kappa shape index (κ1) is 13.4. The van der Waals surface area contributed by atoms with Crippen LogP contribution in [0.1, 0.15) is 24.5 Å². The number of aryl methyl sites for hydroxylation is 1. The summed E-state index contributed by atoms with van der Waals surface area (Å²) < 4.78 is 0. The average molecular weight is 248 g/mol. The fraction of sp³-hybridized carbons (Fsp3) is 0.600. The van der Waals surface area contributed by atoms with Crippen LogP contribution in [0.5, 0.6) is 5.75 Å². The number of aromatic hydroxyl groups is 1. The van der Waals surface area contributed by atoms with E-state index in [0.29, 0.717) is 5.75 Å². The average Bonchev–Trinajstić information content (AvgIpc) is 2.37. The van der Waals surface area contributed by atoms with Gasteiger partial charge >= 0.3 is 0 Å². The van der Waals surface area contributed by atoms with Crippen LogP contribution in [-0.4, -0.2) is 47.6 Å². The predicted molar refractivity (Wildman–Crippen MR) is 74.9 cm³/mol. The van der Waals surface area contributed by atoms with E-state index in [0.717, 1.165) is 38.3 Å². The van der Waals surface area contributed by atoms with Crippen molar-refractivity contribution < 1.29 is 5.11 Å². The first-order valence-corrected chi connectivity index (χ1v) is 6.92. The molecule has 1 aromatic carbocycles. The Morgan fingerprint density at radius 1 is 1.11 bits per heavy atom. The monoisotopic (exact) mass is 248 g/mol. The van der Waals surface area contributed by atoms with Crippen LogP contribution in [0.3, 0.4) is 0 Å². The number of hydrogen-bond donors (Lipinski definition) is 1. The molecule has 1 fully saturated rings. The fourth-order valence-corrected chi connectivity index (χ4v) is 2.57. The first-order valence-electron chi connectivity index (χ1n) is 6.92. The normalized spacial score (nSPS) is 18.1. The number of phenolic OH excluding ortho intramolecular Hbond substituents is 1. The zero-order chi connectivity index (χ0) is 13.0. The summed E-state index contributed by atoms with van der Waals surface area (Å²) in [5, 5.41) is 9.86. The maximum Gasteiger partial charge on any atom is 0.120 e. The lowest BCUT2D eigenvalue weighted by Crippen LogP contribution is -2.45. The van der Waals surface area contributed by atoms with E-state index < -0.39 is 0 Å². The summed E-state index contributed by atoms with van der Waals surface area (Å²) in [5.74, 6) is 0.427. The number of rotatable bonds is 4. The smallest absolute Gasteiger partial charge is 0.120 e. The highest BCUT2D eigenvalue weighted by molar-refractivity contribution is 5.35. The Bertz CT molecular complexity index is 384. The van der Waals surface area contributed by atoms with Crippen molar-refractivity contribution in [2.24, 2.45) is 0 Å². The summed E-state index contributed by atoms with van der Waals surface area (Å²) in [6, 6.07) is 5.85. The van der Waals surface area contributed by atoms with Crippen LogP contribution in [0, 0.1) is 6.92 Å². The van der Waals surface area contributed by atoms with Gasteiger partial charge in [-0.25, -0.2) is 0 Å². The third-order valence-electron chi connectivity index (χ3n) is 3.63. The van der Waals surface area contributed by atoms with Gasteiger partial charge in [-0.3, -0.25) is 4.90 Å². The molecule has 1 N–H and O–H groups in total. The zero-order valence-electron chi connectivity index (χ0n) is 11.5. The van der Waals surface area contributed by atoms with Gasteiger partial charge < -0.3 is 10.0 Å². The molecule has 2 rings (SSSR count). The molecule has 0 unspecified atom stereocenters. The molecule has 1 aliphatic heterocycles. The predicted octanol–water partition coefficient (Wildman–Crippen LogP) is 2.23. The van der Waals surface area contributed by atoms with Crippen molar-refractivity contribution in [1.29, 1.82) is 0 Å². The molecule has 0 saturated carbocycles. The standard InChI is InChI=1S/C15H24N2O/c1-3-6-16-7-9-17(10-8-16)12-14-11-13(2)4-5-15(14)18/h4-5,11,18H,3,6-10,12H2,1-2H3. The zero-order valence-corrected chi connectivity index (χ0v) is 11.5. The second-order valence-corrected chi connectivity index (χ2v) is 5.25. The molecule has 0 radical (unpaired) electrons. The number of benzene rings is 1. The third-order valence-corrected chi connectivity index (χ3v) is 3.63. The summed E-state index contributed by atoms with van der Waals surface area (Å²) >= 11 is 0. The van der Waals surface area contributed by atoms with E-state index in [1.165, 1.54) is 18.5 Å². The number of nitrogens with zero attached hydrogens (tertiary/aromatic N) is 2. The van der Waals surface area contributed by atoms with Crippen LogP contribution in [0.2, 0.25) is 0 Å². The van der Waals surface area contributed by atoms with Crippen molar-refractivity contribution >= 4 is 0 Å². The van der Waals surface area contributed by atoms with Crippen LogP contribution in [0.15, 0.2) is 18.2 Å². The molecule has 1 aromatic rings. The summed E-state index contributed by atoms with van der Waals surface area (Å²) in [5.41, 5.74) is 2.27. The molecule has 3 heteroatoms. The van der Waals surface area contributed by atoms with Gasteiger partial charge in [-0.2, -0.15) is 0 Å². The number of hydrogen-bond acceptors (Lipinski definition) is 3. The van der Waals surface area contributed by atoms with Gasteiger partial charge in [0.15, 0.2) is 0 Å². The fourth-order valence-electron chi connectivity index (χ4n) is 2.57. The molecule has 0 amide bonds. The Hall–Kier alpha value is -1.06. The number of piperazine rings is 1. The minimum atomic E-state index is 0.427. The summed E-state index contributed by atoms with van der Waals surface area (Å²) in [4.78, 5) is 4.95. The maximum absolute atomic E-state index is 9.86. The van der Waals surface area contributed by atoms with Gasteiger partial charge in [0, 0.05) is 38.3 Å². The van der Waals surface area contributed by atoms with E-state index >= 15 is 0 Å². The molecule has 1 saturated heterocycles. The van der Waals surface area contributed by atoms with Crippen molar-refractivity contribution in [2.45, 2.75) is 26.8 Å². The first-order chi connectivity index (χ1) is 8.69. The minimum absolute atomic E-state index is 0.427. The molecule has 0 bridgehead atoms. The van der Waals surface area contributed by atoms with Crippen molar-refractivity contribution in [1.82, 2.24) is 9.80 Å². The van der Waals surface area contributed by atoms with Crippen LogP contribution in [-0.2, 0) is 6.54 Å². The Morgan fingerprint density at radius 2 is 1.78 bits per heavy atom. The lowest BCUT2D eigenvalue weighted by Gasteiger charge is -2.34. The molecule has 100 valence electrons. The molecule has 0 aromatic heterocycles. The van der Waals surface area contributed by atoms with Gasteiger partial charge in [0.25, 0.3) is 0 Å². The molecule has 3 nitrogen and oxygen atoms in total. The molecule has 18 heavy (non-hydrogen) atoms. The second kappa shape index (κ2) is 6.21. The Morgan fingerprint density at radius 3 is 2.44 bits per heavy atom. The lowest BCUT2D eigenvalue weighted by atomic mass is 10.1. The van der Waals surface area contributed by atoms with Gasteiger partial charge in [0.05, 0.1) is 0 Å². The van der Waals surface area contributed by atoms with Crippen LogP contribution < -0.4 is 0 Å². The van der Waals surface area contributed by atoms with Gasteiger partial charge in [0.1, 0.15) is 5.75 Å². The lowest BCUT2D eigenvalue weighted by molar-refractivity contribution is 0.126. The van der Waals surface area contributed by atoms with E-state index in [4.69, 9.17) is 0 Å². The van der Waals surface area contributed by atoms with Gasteiger partial charge in [-0.05, 0) is 26.0 Å². The summed E-state index contributed by atoms with van der Waals surface area (Å²) in [6.07, 6.45) is 1.23. The van der Waals surface area contributed by atoms with Gasteiger partial charge in [-0.15, -0.1) is 0 Å².